The first-order chi connectivity index (χ1) is 8.56. The highest BCUT2D eigenvalue weighted by molar-refractivity contribution is 6.33. The Kier molecular flexibility index (Phi) is 3.81. The maximum absolute atomic E-state index is 13.4. The van der Waals surface area contributed by atoms with E-state index in [0.29, 0.717) is 13.0 Å². The van der Waals surface area contributed by atoms with Crippen LogP contribution in [0.1, 0.15) is 5.56 Å². The number of aryl methyl sites for hydroxylation is 1. The van der Waals surface area contributed by atoms with Crippen LogP contribution in [0.15, 0.2) is 24.5 Å². The molecule has 0 saturated heterocycles. The molecular weight excluding hydrogens is 260 g/mol. The predicted molar refractivity (Wildman–Crippen MR) is 66.8 cm³/mol. The average molecular weight is 272 g/mol. The third-order valence-corrected chi connectivity index (χ3v) is 2.78. The molecule has 3 nitrogen and oxygen atoms in total. The summed E-state index contributed by atoms with van der Waals surface area (Å²) in [6.45, 7) is 0.494. The van der Waals surface area contributed by atoms with Crippen LogP contribution in [0.5, 0.6) is 0 Å². The first kappa shape index (κ1) is 12.8. The Balaban J connectivity index is 1.98. The van der Waals surface area contributed by atoms with E-state index >= 15 is 0 Å². The van der Waals surface area contributed by atoms with Crippen molar-refractivity contribution >= 4 is 17.3 Å². The van der Waals surface area contributed by atoms with E-state index in [1.54, 1.807) is 10.9 Å². The number of nitrogens with zero attached hydrogens (tertiary/aromatic N) is 2. The molecule has 0 aliphatic rings. The first-order valence-corrected chi connectivity index (χ1v) is 5.80. The third-order valence-electron chi connectivity index (χ3n) is 2.48. The fourth-order valence-electron chi connectivity index (χ4n) is 1.64. The van der Waals surface area contributed by atoms with Gasteiger partial charge in [-0.1, -0.05) is 11.6 Å². The second-order valence-electron chi connectivity index (χ2n) is 3.94. The van der Waals surface area contributed by atoms with Crippen molar-refractivity contribution in [1.82, 2.24) is 9.78 Å². The van der Waals surface area contributed by atoms with Crippen molar-refractivity contribution in [2.75, 3.05) is 11.9 Å². The van der Waals surface area contributed by atoms with Crippen LogP contribution in [0, 0.1) is 11.6 Å². The Hall–Kier alpha value is -1.62. The zero-order valence-electron chi connectivity index (χ0n) is 9.75. The molecule has 1 aromatic carbocycles. The number of aromatic nitrogens is 2. The summed E-state index contributed by atoms with van der Waals surface area (Å²) >= 11 is 5.76. The number of hydrogen-bond acceptors (Lipinski definition) is 2. The molecule has 0 unspecified atom stereocenters. The Labute approximate surface area is 108 Å². The summed E-state index contributed by atoms with van der Waals surface area (Å²) in [6.07, 6.45) is 4.30. The van der Waals surface area contributed by atoms with Crippen LogP contribution in [-0.2, 0) is 13.5 Å². The van der Waals surface area contributed by atoms with Crippen LogP contribution in [0.3, 0.4) is 0 Å². The van der Waals surface area contributed by atoms with Gasteiger partial charge in [-0.25, -0.2) is 8.78 Å². The van der Waals surface area contributed by atoms with Gasteiger partial charge in [-0.15, -0.1) is 0 Å². The lowest BCUT2D eigenvalue weighted by Gasteiger charge is -2.08. The van der Waals surface area contributed by atoms with Gasteiger partial charge in [0.2, 0.25) is 0 Å². The highest BCUT2D eigenvalue weighted by atomic mass is 35.5. The number of nitrogens with one attached hydrogen (secondary N) is 1. The van der Waals surface area contributed by atoms with Gasteiger partial charge in [-0.2, -0.15) is 5.10 Å². The monoisotopic (exact) mass is 271 g/mol. The Morgan fingerprint density at radius 2 is 2.17 bits per heavy atom. The summed E-state index contributed by atoms with van der Waals surface area (Å²) in [4.78, 5) is 0. The minimum Gasteiger partial charge on any atom is -0.381 e. The van der Waals surface area contributed by atoms with Crippen LogP contribution in [0.2, 0.25) is 5.02 Å². The van der Waals surface area contributed by atoms with Crippen LogP contribution in [0.4, 0.5) is 14.5 Å². The van der Waals surface area contributed by atoms with E-state index in [-0.39, 0.29) is 10.7 Å². The molecule has 0 aliphatic heterocycles. The second kappa shape index (κ2) is 5.35. The van der Waals surface area contributed by atoms with E-state index < -0.39 is 11.6 Å². The quantitative estimate of drug-likeness (QED) is 0.926. The zero-order chi connectivity index (χ0) is 13.1. The van der Waals surface area contributed by atoms with Gasteiger partial charge in [-0.3, -0.25) is 4.68 Å². The molecule has 2 aromatic rings. The summed E-state index contributed by atoms with van der Waals surface area (Å²) < 4.78 is 28.0. The van der Waals surface area contributed by atoms with Gasteiger partial charge in [0.05, 0.1) is 16.9 Å². The highest BCUT2D eigenvalue weighted by Gasteiger charge is 2.09. The molecule has 0 spiro atoms. The molecule has 0 fully saturated rings. The molecule has 0 atom stereocenters. The number of rotatable bonds is 4. The molecule has 0 saturated carbocycles. The normalized spacial score (nSPS) is 10.7. The van der Waals surface area contributed by atoms with Crippen molar-refractivity contribution < 1.29 is 8.78 Å². The van der Waals surface area contributed by atoms with Gasteiger partial charge in [-0.05, 0) is 18.1 Å². The van der Waals surface area contributed by atoms with Crippen LogP contribution in [0.25, 0.3) is 0 Å². The Morgan fingerprint density at radius 3 is 2.78 bits per heavy atom. The largest absolute Gasteiger partial charge is 0.381 e. The van der Waals surface area contributed by atoms with E-state index in [1.807, 2.05) is 13.2 Å². The van der Waals surface area contributed by atoms with Gasteiger partial charge >= 0.3 is 0 Å². The van der Waals surface area contributed by atoms with E-state index in [2.05, 4.69) is 10.4 Å². The smallest absolute Gasteiger partial charge is 0.150 e. The van der Waals surface area contributed by atoms with Crippen LogP contribution < -0.4 is 5.32 Å². The van der Waals surface area contributed by atoms with Gasteiger partial charge in [0, 0.05) is 25.9 Å². The molecule has 1 aromatic heterocycles. The molecule has 0 bridgehead atoms. The fourth-order valence-corrected chi connectivity index (χ4v) is 1.91. The number of hydrogen-bond donors (Lipinski definition) is 1. The van der Waals surface area contributed by atoms with Crippen molar-refractivity contribution in [1.29, 1.82) is 0 Å². The first-order valence-electron chi connectivity index (χ1n) is 5.42. The van der Waals surface area contributed by atoms with Crippen molar-refractivity contribution in [3.8, 4) is 0 Å². The van der Waals surface area contributed by atoms with E-state index in [0.717, 1.165) is 17.7 Å². The number of benzene rings is 1. The maximum atomic E-state index is 13.4. The topological polar surface area (TPSA) is 29.9 Å². The Bertz CT molecular complexity index is 531. The molecule has 96 valence electrons. The van der Waals surface area contributed by atoms with Gasteiger partial charge < -0.3 is 5.32 Å². The molecule has 1 heterocycles. The number of halogens is 3. The SMILES string of the molecule is Cn1cc(CCNc2c(F)cc(F)cc2Cl)cn1. The lowest BCUT2D eigenvalue weighted by Crippen LogP contribution is -2.07. The zero-order valence-corrected chi connectivity index (χ0v) is 10.5. The van der Waals surface area contributed by atoms with Crippen molar-refractivity contribution in [2.45, 2.75) is 6.42 Å². The minimum atomic E-state index is -0.689. The van der Waals surface area contributed by atoms with Crippen LogP contribution >= 0.6 is 11.6 Å². The van der Waals surface area contributed by atoms with E-state index in [9.17, 15) is 8.78 Å². The van der Waals surface area contributed by atoms with E-state index in [1.165, 1.54) is 0 Å². The summed E-state index contributed by atoms with van der Waals surface area (Å²) in [7, 11) is 1.83. The standard InChI is InChI=1S/C12H12ClF2N3/c1-18-7-8(6-17-18)2-3-16-12-10(13)4-9(14)5-11(12)15/h4-7,16H,2-3H2,1H3. The van der Waals surface area contributed by atoms with Crippen molar-refractivity contribution in [3.63, 3.8) is 0 Å². The second-order valence-corrected chi connectivity index (χ2v) is 4.35. The van der Waals surface area contributed by atoms with Gasteiger partial charge in [0.1, 0.15) is 5.82 Å². The molecule has 18 heavy (non-hydrogen) atoms. The summed E-state index contributed by atoms with van der Waals surface area (Å²) in [5.74, 6) is -1.37. The third kappa shape index (κ3) is 2.98. The molecule has 0 aliphatic carbocycles. The lowest BCUT2D eigenvalue weighted by atomic mass is 10.2. The average Bonchev–Trinajstić information content (AvgIpc) is 2.68. The van der Waals surface area contributed by atoms with Gasteiger partial charge in [0.25, 0.3) is 0 Å². The number of anilines is 1. The van der Waals surface area contributed by atoms with Crippen LogP contribution in [-0.4, -0.2) is 16.3 Å². The van der Waals surface area contributed by atoms with E-state index in [4.69, 9.17) is 11.6 Å². The predicted octanol–water partition coefficient (Wildman–Crippen LogP) is 3.01. The summed E-state index contributed by atoms with van der Waals surface area (Å²) in [5, 5.41) is 6.92. The van der Waals surface area contributed by atoms with Gasteiger partial charge in [0.15, 0.2) is 5.82 Å². The summed E-state index contributed by atoms with van der Waals surface area (Å²) in [5.41, 5.74) is 1.16. The molecule has 1 N–H and O–H groups in total. The molecule has 0 radical (unpaired) electrons. The molecular formula is C12H12ClF2N3. The fraction of sp³-hybridized carbons (Fsp3) is 0.250. The van der Waals surface area contributed by atoms with Crippen molar-refractivity contribution in [3.05, 3.63) is 46.7 Å². The lowest BCUT2D eigenvalue weighted by molar-refractivity contribution is 0.585. The molecule has 6 heteroatoms. The highest BCUT2D eigenvalue weighted by Crippen LogP contribution is 2.26. The van der Waals surface area contributed by atoms with Crippen molar-refractivity contribution in [2.24, 2.45) is 7.05 Å². The molecule has 2 rings (SSSR count). The minimum absolute atomic E-state index is 0.0405. The summed E-state index contributed by atoms with van der Waals surface area (Å²) in [6, 6.07) is 1.88. The maximum Gasteiger partial charge on any atom is 0.150 e. The Morgan fingerprint density at radius 1 is 1.39 bits per heavy atom. The molecule has 0 amide bonds.